The van der Waals surface area contributed by atoms with Gasteiger partial charge in [-0.3, -0.25) is 0 Å². The third-order valence-electron chi connectivity index (χ3n) is 1.94. The van der Waals surface area contributed by atoms with Crippen molar-refractivity contribution < 1.29 is 10.2 Å². The first-order valence-corrected chi connectivity index (χ1v) is 4.80. The highest BCUT2D eigenvalue weighted by molar-refractivity contribution is 6.35. The summed E-state index contributed by atoms with van der Waals surface area (Å²) in [6.45, 7) is 1.53. The van der Waals surface area contributed by atoms with Crippen molar-refractivity contribution in [1.82, 2.24) is 0 Å². The number of aliphatic hydroxyl groups excluding tert-OH is 1. The fourth-order valence-corrected chi connectivity index (χ4v) is 1.61. The standard InChI is InChI=1S/C9H11Cl2NO2.ClH/c1-4(13)8(12)6-2-5(10)3-7(11)9(6)14;/h2-4,8,13-14H,12H2,1H3;1H/t4-,8-;/m1./s1. The van der Waals surface area contributed by atoms with Crippen molar-refractivity contribution in [2.75, 3.05) is 0 Å². The zero-order chi connectivity index (χ0) is 10.9. The van der Waals surface area contributed by atoms with E-state index < -0.39 is 12.1 Å². The van der Waals surface area contributed by atoms with Crippen LogP contribution in [0.2, 0.25) is 10.0 Å². The minimum Gasteiger partial charge on any atom is -0.506 e. The average molecular weight is 273 g/mol. The van der Waals surface area contributed by atoms with Crippen molar-refractivity contribution in [1.29, 1.82) is 0 Å². The van der Waals surface area contributed by atoms with Gasteiger partial charge in [-0.25, -0.2) is 0 Å². The average Bonchev–Trinajstić information content (AvgIpc) is 2.09. The van der Waals surface area contributed by atoms with E-state index in [0.29, 0.717) is 10.6 Å². The summed E-state index contributed by atoms with van der Waals surface area (Å²) >= 11 is 11.4. The highest BCUT2D eigenvalue weighted by atomic mass is 35.5. The van der Waals surface area contributed by atoms with Crippen molar-refractivity contribution in [3.63, 3.8) is 0 Å². The minimum absolute atomic E-state index is 0. The van der Waals surface area contributed by atoms with Crippen LogP contribution in [0.5, 0.6) is 5.75 Å². The van der Waals surface area contributed by atoms with Crippen molar-refractivity contribution in [3.8, 4) is 5.75 Å². The maximum atomic E-state index is 9.56. The lowest BCUT2D eigenvalue weighted by molar-refractivity contribution is 0.163. The monoisotopic (exact) mass is 271 g/mol. The van der Waals surface area contributed by atoms with Crippen molar-refractivity contribution in [3.05, 3.63) is 27.7 Å². The summed E-state index contributed by atoms with van der Waals surface area (Å²) in [5.41, 5.74) is 5.99. The molecule has 0 spiro atoms. The molecule has 6 heteroatoms. The lowest BCUT2D eigenvalue weighted by atomic mass is 10.0. The molecule has 0 aliphatic carbocycles. The first-order chi connectivity index (χ1) is 6.43. The Balaban J connectivity index is 0.00000196. The van der Waals surface area contributed by atoms with Gasteiger partial charge in [-0.05, 0) is 19.1 Å². The summed E-state index contributed by atoms with van der Waals surface area (Å²) in [7, 11) is 0. The van der Waals surface area contributed by atoms with Crippen LogP contribution in [-0.4, -0.2) is 16.3 Å². The summed E-state index contributed by atoms with van der Waals surface area (Å²) in [5, 5.41) is 19.3. The van der Waals surface area contributed by atoms with Crippen LogP contribution < -0.4 is 5.73 Å². The van der Waals surface area contributed by atoms with E-state index in [2.05, 4.69) is 0 Å². The molecule has 0 fully saturated rings. The second-order valence-electron chi connectivity index (χ2n) is 3.09. The molecule has 0 aliphatic rings. The number of benzene rings is 1. The predicted octanol–water partition coefficient (Wildman–Crippen LogP) is 2.50. The van der Waals surface area contributed by atoms with E-state index >= 15 is 0 Å². The Labute approximate surface area is 104 Å². The number of halogens is 3. The van der Waals surface area contributed by atoms with E-state index in [1.54, 1.807) is 0 Å². The van der Waals surface area contributed by atoms with Gasteiger partial charge in [-0.1, -0.05) is 23.2 Å². The van der Waals surface area contributed by atoms with Crippen LogP contribution >= 0.6 is 35.6 Å². The number of rotatable bonds is 2. The summed E-state index contributed by atoms with van der Waals surface area (Å²) < 4.78 is 0. The largest absolute Gasteiger partial charge is 0.506 e. The number of aliphatic hydroxyl groups is 1. The SMILES string of the molecule is C[C@@H](O)[C@@H](N)c1cc(Cl)cc(Cl)c1O.Cl. The second-order valence-corrected chi connectivity index (χ2v) is 3.94. The van der Waals surface area contributed by atoms with Gasteiger partial charge in [0.25, 0.3) is 0 Å². The summed E-state index contributed by atoms with van der Waals surface area (Å²) in [4.78, 5) is 0. The molecule has 0 aliphatic heterocycles. The van der Waals surface area contributed by atoms with Crippen LogP contribution in [0, 0.1) is 0 Å². The van der Waals surface area contributed by atoms with Crippen LogP contribution in [0.25, 0.3) is 0 Å². The third-order valence-corrected chi connectivity index (χ3v) is 2.44. The Hall–Kier alpha value is -0.190. The molecule has 86 valence electrons. The van der Waals surface area contributed by atoms with Gasteiger partial charge in [0.1, 0.15) is 5.75 Å². The molecule has 0 saturated carbocycles. The number of phenolic OH excluding ortho intramolecular Hbond substituents is 1. The van der Waals surface area contributed by atoms with Crippen molar-refractivity contribution >= 4 is 35.6 Å². The molecule has 0 amide bonds. The van der Waals surface area contributed by atoms with Crippen LogP contribution in [0.3, 0.4) is 0 Å². The molecule has 0 heterocycles. The molecule has 0 bridgehead atoms. The van der Waals surface area contributed by atoms with Gasteiger partial charge >= 0.3 is 0 Å². The van der Waals surface area contributed by atoms with Crippen LogP contribution in [0.15, 0.2) is 12.1 Å². The zero-order valence-electron chi connectivity index (χ0n) is 7.95. The Morgan fingerprint density at radius 3 is 2.33 bits per heavy atom. The maximum Gasteiger partial charge on any atom is 0.139 e. The van der Waals surface area contributed by atoms with Gasteiger partial charge in [0.15, 0.2) is 0 Å². The van der Waals surface area contributed by atoms with Crippen LogP contribution in [0.4, 0.5) is 0 Å². The van der Waals surface area contributed by atoms with E-state index in [0.717, 1.165) is 0 Å². The molecule has 1 rings (SSSR count). The molecule has 0 unspecified atom stereocenters. The molecule has 2 atom stereocenters. The number of hydrogen-bond donors (Lipinski definition) is 3. The molecule has 0 saturated heterocycles. The first kappa shape index (κ1) is 14.8. The maximum absolute atomic E-state index is 9.56. The van der Waals surface area contributed by atoms with E-state index in [1.807, 2.05) is 0 Å². The van der Waals surface area contributed by atoms with E-state index in [9.17, 15) is 10.2 Å². The number of aromatic hydroxyl groups is 1. The first-order valence-electron chi connectivity index (χ1n) is 4.05. The van der Waals surface area contributed by atoms with Gasteiger partial charge < -0.3 is 15.9 Å². The molecule has 1 aromatic rings. The highest BCUT2D eigenvalue weighted by Gasteiger charge is 2.18. The Morgan fingerprint density at radius 2 is 1.87 bits per heavy atom. The van der Waals surface area contributed by atoms with Gasteiger partial charge in [0.2, 0.25) is 0 Å². The number of phenols is 1. The molecule has 1 aromatic carbocycles. The number of nitrogens with two attached hydrogens (primary N) is 1. The summed E-state index contributed by atoms with van der Waals surface area (Å²) in [6, 6.07) is 2.20. The predicted molar refractivity (Wildman–Crippen MR) is 64.0 cm³/mol. The number of hydrogen-bond acceptors (Lipinski definition) is 3. The van der Waals surface area contributed by atoms with Gasteiger partial charge in [0, 0.05) is 10.6 Å². The smallest absolute Gasteiger partial charge is 0.139 e. The van der Waals surface area contributed by atoms with Crippen molar-refractivity contribution in [2.24, 2.45) is 5.73 Å². The molecular formula is C9H12Cl3NO2. The Kier molecular flexibility index (Phi) is 5.70. The minimum atomic E-state index is -0.782. The normalized spacial score (nSPS) is 14.2. The van der Waals surface area contributed by atoms with Gasteiger partial charge in [0.05, 0.1) is 17.2 Å². The fraction of sp³-hybridized carbons (Fsp3) is 0.333. The van der Waals surface area contributed by atoms with Crippen LogP contribution in [0.1, 0.15) is 18.5 Å². The zero-order valence-corrected chi connectivity index (χ0v) is 10.3. The Bertz CT molecular complexity index is 344. The quantitative estimate of drug-likeness (QED) is 0.775. The molecule has 0 aromatic heterocycles. The topological polar surface area (TPSA) is 66.5 Å². The molecule has 15 heavy (non-hydrogen) atoms. The summed E-state index contributed by atoms with van der Waals surface area (Å²) in [6.07, 6.45) is -0.782. The molecule has 4 N–H and O–H groups in total. The second kappa shape index (κ2) is 5.77. The molecule has 3 nitrogen and oxygen atoms in total. The summed E-state index contributed by atoms with van der Waals surface area (Å²) in [5.74, 6) is -0.135. The van der Waals surface area contributed by atoms with E-state index in [-0.39, 0.29) is 23.2 Å². The van der Waals surface area contributed by atoms with Gasteiger partial charge in [-0.15, -0.1) is 12.4 Å². The Morgan fingerprint density at radius 1 is 1.33 bits per heavy atom. The molecule has 0 radical (unpaired) electrons. The molecular weight excluding hydrogens is 260 g/mol. The van der Waals surface area contributed by atoms with Gasteiger partial charge in [-0.2, -0.15) is 0 Å². The highest BCUT2D eigenvalue weighted by Crippen LogP contribution is 2.34. The lowest BCUT2D eigenvalue weighted by Gasteiger charge is -2.17. The van der Waals surface area contributed by atoms with E-state index in [1.165, 1.54) is 19.1 Å². The van der Waals surface area contributed by atoms with Crippen molar-refractivity contribution in [2.45, 2.75) is 19.1 Å². The lowest BCUT2D eigenvalue weighted by Crippen LogP contribution is -2.23. The third kappa shape index (κ3) is 3.40. The van der Waals surface area contributed by atoms with E-state index in [4.69, 9.17) is 28.9 Å². The fourth-order valence-electron chi connectivity index (χ4n) is 1.10. The van der Waals surface area contributed by atoms with Crippen LogP contribution in [-0.2, 0) is 0 Å².